The normalized spacial score (nSPS) is 11.6. The molecule has 8 aromatic carbocycles. The molecule has 0 aliphatic rings. The van der Waals surface area contributed by atoms with Crippen molar-refractivity contribution < 1.29 is 0 Å². The standard InChI is InChI=1S/C47H29N3/c1-3-14-31(15-4-1)41-29-42(32-16-5-2-6-17-32)49-47(48-41)34-25-23-33(24-26-34)45-43-35-18-8-7-13-30(35)27-28-40(43)44-38-21-11-9-19-36(38)37-20-10-12-22-39(37)46(44)50-45/h1-29H. The highest BCUT2D eigenvalue weighted by Crippen LogP contribution is 2.43. The van der Waals surface area contributed by atoms with Gasteiger partial charge in [0.25, 0.3) is 0 Å². The molecular formula is C47H29N3. The first-order valence-corrected chi connectivity index (χ1v) is 17.0. The molecule has 10 aromatic rings. The lowest BCUT2D eigenvalue weighted by molar-refractivity contribution is 1.18. The molecule has 2 heterocycles. The molecule has 3 heteroatoms. The van der Waals surface area contributed by atoms with Gasteiger partial charge in [0.15, 0.2) is 5.82 Å². The summed E-state index contributed by atoms with van der Waals surface area (Å²) in [5, 5.41) is 10.8. The monoisotopic (exact) mass is 635 g/mol. The lowest BCUT2D eigenvalue weighted by atomic mass is 9.90. The van der Waals surface area contributed by atoms with E-state index >= 15 is 0 Å². The van der Waals surface area contributed by atoms with Crippen molar-refractivity contribution in [1.82, 2.24) is 15.0 Å². The highest BCUT2D eigenvalue weighted by atomic mass is 14.9. The zero-order valence-corrected chi connectivity index (χ0v) is 27.1. The van der Waals surface area contributed by atoms with Crippen LogP contribution in [0.4, 0.5) is 0 Å². The van der Waals surface area contributed by atoms with E-state index in [2.05, 4.69) is 140 Å². The van der Waals surface area contributed by atoms with Crippen molar-refractivity contribution in [2.24, 2.45) is 0 Å². The molecule has 0 radical (unpaired) electrons. The summed E-state index contributed by atoms with van der Waals surface area (Å²) >= 11 is 0. The largest absolute Gasteiger partial charge is 0.246 e. The van der Waals surface area contributed by atoms with Crippen LogP contribution in [-0.4, -0.2) is 15.0 Å². The number of fused-ring (bicyclic) bond motifs is 10. The van der Waals surface area contributed by atoms with Gasteiger partial charge in [-0.2, -0.15) is 0 Å². The number of rotatable bonds is 4. The number of benzene rings is 8. The lowest BCUT2D eigenvalue weighted by Gasteiger charge is -2.17. The average molecular weight is 636 g/mol. The third kappa shape index (κ3) is 4.56. The number of hydrogen-bond acceptors (Lipinski definition) is 3. The van der Waals surface area contributed by atoms with Crippen molar-refractivity contribution in [2.75, 3.05) is 0 Å². The van der Waals surface area contributed by atoms with Crippen LogP contribution in [0.15, 0.2) is 176 Å². The molecular weight excluding hydrogens is 607 g/mol. The predicted molar refractivity (Wildman–Crippen MR) is 209 cm³/mol. The Kier molecular flexibility index (Phi) is 6.49. The average Bonchev–Trinajstić information content (AvgIpc) is 3.21. The van der Waals surface area contributed by atoms with Gasteiger partial charge in [-0.25, -0.2) is 15.0 Å². The van der Waals surface area contributed by atoms with Gasteiger partial charge in [-0.15, -0.1) is 0 Å². The number of pyridine rings is 1. The summed E-state index contributed by atoms with van der Waals surface area (Å²) in [4.78, 5) is 15.7. The van der Waals surface area contributed by atoms with Crippen molar-refractivity contribution in [1.29, 1.82) is 0 Å². The van der Waals surface area contributed by atoms with Crippen molar-refractivity contribution >= 4 is 54.0 Å². The number of nitrogens with zero attached hydrogens (tertiary/aromatic N) is 3. The molecule has 0 N–H and O–H groups in total. The fourth-order valence-electron chi connectivity index (χ4n) is 7.49. The molecule has 0 atom stereocenters. The third-order valence-corrected chi connectivity index (χ3v) is 9.85. The number of hydrogen-bond donors (Lipinski definition) is 0. The fraction of sp³-hybridized carbons (Fsp3) is 0. The lowest BCUT2D eigenvalue weighted by Crippen LogP contribution is -1.96. The summed E-state index contributed by atoms with van der Waals surface area (Å²) in [6.07, 6.45) is 0. The summed E-state index contributed by atoms with van der Waals surface area (Å²) < 4.78 is 0. The smallest absolute Gasteiger partial charge is 0.160 e. The second-order valence-electron chi connectivity index (χ2n) is 12.8. The maximum absolute atomic E-state index is 5.58. The molecule has 0 saturated heterocycles. The van der Waals surface area contributed by atoms with E-state index in [0.717, 1.165) is 55.6 Å². The van der Waals surface area contributed by atoms with E-state index < -0.39 is 0 Å². The first kappa shape index (κ1) is 28.3. The Labute approximate surface area is 289 Å². The maximum Gasteiger partial charge on any atom is 0.160 e. The van der Waals surface area contributed by atoms with Crippen LogP contribution in [0.5, 0.6) is 0 Å². The third-order valence-electron chi connectivity index (χ3n) is 9.85. The van der Waals surface area contributed by atoms with Gasteiger partial charge in [0.1, 0.15) is 0 Å². The van der Waals surface area contributed by atoms with Gasteiger partial charge in [-0.05, 0) is 38.4 Å². The van der Waals surface area contributed by atoms with E-state index in [1.54, 1.807) is 0 Å². The first-order chi connectivity index (χ1) is 24.8. The Morgan fingerprint density at radius 3 is 1.48 bits per heavy atom. The van der Waals surface area contributed by atoms with Crippen LogP contribution in [0.2, 0.25) is 0 Å². The highest BCUT2D eigenvalue weighted by Gasteiger charge is 2.19. The summed E-state index contributed by atoms with van der Waals surface area (Å²) in [5.74, 6) is 0.691. The van der Waals surface area contributed by atoms with Crippen LogP contribution in [0.25, 0.3) is 99.2 Å². The van der Waals surface area contributed by atoms with Crippen molar-refractivity contribution in [2.45, 2.75) is 0 Å². The summed E-state index contributed by atoms with van der Waals surface area (Å²) in [6.45, 7) is 0. The van der Waals surface area contributed by atoms with Gasteiger partial charge in [-0.3, -0.25) is 0 Å². The molecule has 3 nitrogen and oxygen atoms in total. The van der Waals surface area contributed by atoms with Crippen LogP contribution < -0.4 is 0 Å². The summed E-state index contributed by atoms with van der Waals surface area (Å²) in [7, 11) is 0. The van der Waals surface area contributed by atoms with Crippen LogP contribution in [0.1, 0.15) is 0 Å². The van der Waals surface area contributed by atoms with Crippen molar-refractivity contribution in [3.63, 3.8) is 0 Å². The van der Waals surface area contributed by atoms with E-state index in [1.807, 2.05) is 36.4 Å². The number of aromatic nitrogens is 3. The van der Waals surface area contributed by atoms with Crippen LogP contribution in [0, 0.1) is 0 Å². The van der Waals surface area contributed by atoms with Gasteiger partial charge in [0.05, 0.1) is 22.6 Å². The molecule has 0 aliphatic carbocycles. The maximum atomic E-state index is 5.58. The minimum absolute atomic E-state index is 0.691. The van der Waals surface area contributed by atoms with Gasteiger partial charge < -0.3 is 0 Å². The zero-order chi connectivity index (χ0) is 33.0. The van der Waals surface area contributed by atoms with Crippen molar-refractivity contribution in [3.8, 4) is 45.2 Å². The Balaban J connectivity index is 1.22. The highest BCUT2D eigenvalue weighted by molar-refractivity contribution is 6.33. The quantitative estimate of drug-likeness (QED) is 0.181. The molecule has 0 aliphatic heterocycles. The molecule has 0 saturated carbocycles. The fourth-order valence-corrected chi connectivity index (χ4v) is 7.49. The molecule has 0 unspecified atom stereocenters. The molecule has 0 spiro atoms. The van der Waals surface area contributed by atoms with E-state index in [0.29, 0.717) is 5.82 Å². The van der Waals surface area contributed by atoms with Crippen LogP contribution in [-0.2, 0) is 0 Å². The van der Waals surface area contributed by atoms with E-state index in [9.17, 15) is 0 Å². The van der Waals surface area contributed by atoms with Gasteiger partial charge in [-0.1, -0.05) is 170 Å². The Morgan fingerprint density at radius 2 is 0.820 bits per heavy atom. The van der Waals surface area contributed by atoms with Crippen molar-refractivity contribution in [3.05, 3.63) is 176 Å². The summed E-state index contributed by atoms with van der Waals surface area (Å²) in [5.41, 5.74) is 7.91. The Hall–Kier alpha value is -6.71. The van der Waals surface area contributed by atoms with Gasteiger partial charge in [0.2, 0.25) is 0 Å². The van der Waals surface area contributed by atoms with Gasteiger partial charge >= 0.3 is 0 Å². The van der Waals surface area contributed by atoms with E-state index in [4.69, 9.17) is 15.0 Å². The Bertz CT molecular complexity index is 2840. The summed E-state index contributed by atoms with van der Waals surface area (Å²) in [6, 6.07) is 61.9. The molecule has 50 heavy (non-hydrogen) atoms. The van der Waals surface area contributed by atoms with Gasteiger partial charge in [0, 0.05) is 38.4 Å². The SMILES string of the molecule is c1ccc(-c2cc(-c3ccccc3)nc(-c3ccc(-c4nc5c6ccccc6c6ccccc6c5c5ccc6ccccc6c45)cc3)n2)cc1. The second kappa shape index (κ2) is 11.5. The molecule has 0 fully saturated rings. The molecule has 2 aromatic heterocycles. The topological polar surface area (TPSA) is 38.7 Å². The van der Waals surface area contributed by atoms with Crippen LogP contribution >= 0.6 is 0 Å². The first-order valence-electron chi connectivity index (χ1n) is 17.0. The van der Waals surface area contributed by atoms with E-state index in [-0.39, 0.29) is 0 Å². The minimum Gasteiger partial charge on any atom is -0.246 e. The van der Waals surface area contributed by atoms with Crippen LogP contribution in [0.3, 0.4) is 0 Å². The second-order valence-corrected chi connectivity index (χ2v) is 12.8. The minimum atomic E-state index is 0.691. The molecule has 0 bridgehead atoms. The Morgan fingerprint density at radius 1 is 0.300 bits per heavy atom. The predicted octanol–water partition coefficient (Wildman–Crippen LogP) is 12.3. The zero-order valence-electron chi connectivity index (χ0n) is 27.1. The van der Waals surface area contributed by atoms with E-state index in [1.165, 1.54) is 37.7 Å². The molecule has 0 amide bonds. The molecule has 10 rings (SSSR count). The molecule has 232 valence electrons.